The third kappa shape index (κ3) is 5.74. The van der Waals surface area contributed by atoms with Gasteiger partial charge in [0, 0.05) is 11.6 Å². The summed E-state index contributed by atoms with van der Waals surface area (Å²) in [5, 5.41) is 6.44. The van der Waals surface area contributed by atoms with Gasteiger partial charge in [-0.15, -0.1) is 0 Å². The maximum Gasteiger partial charge on any atom is 0.237 e. The summed E-state index contributed by atoms with van der Waals surface area (Å²) < 4.78 is 0. The molecule has 0 fully saturated rings. The Morgan fingerprint density at radius 3 is 2.35 bits per heavy atom. The molecule has 2 N–H and O–H groups in total. The van der Waals surface area contributed by atoms with Crippen LogP contribution in [0, 0.1) is 0 Å². The van der Waals surface area contributed by atoms with Crippen LogP contribution in [0.3, 0.4) is 0 Å². The van der Waals surface area contributed by atoms with Crippen LogP contribution in [-0.2, 0) is 11.2 Å². The molecule has 0 radical (unpaired) electrons. The Kier molecular flexibility index (Phi) is 6.21. The quantitative estimate of drug-likeness (QED) is 0.804. The van der Waals surface area contributed by atoms with Crippen molar-refractivity contribution in [1.82, 2.24) is 10.6 Å². The Morgan fingerprint density at radius 2 is 1.80 bits per heavy atom. The van der Waals surface area contributed by atoms with E-state index in [4.69, 9.17) is 0 Å². The van der Waals surface area contributed by atoms with Crippen molar-refractivity contribution >= 4 is 5.91 Å². The zero-order valence-electron chi connectivity index (χ0n) is 13.4. The fourth-order valence-corrected chi connectivity index (χ4v) is 2.06. The number of hydrogen-bond donors (Lipinski definition) is 2. The minimum atomic E-state index is -0.181. The third-order valence-electron chi connectivity index (χ3n) is 3.66. The van der Waals surface area contributed by atoms with Gasteiger partial charge in [-0.05, 0) is 46.1 Å². The van der Waals surface area contributed by atoms with Gasteiger partial charge in [-0.2, -0.15) is 0 Å². The van der Waals surface area contributed by atoms with Gasteiger partial charge in [-0.3, -0.25) is 4.79 Å². The van der Waals surface area contributed by atoms with Gasteiger partial charge in [0.1, 0.15) is 0 Å². The molecule has 0 aliphatic heterocycles. The molecule has 20 heavy (non-hydrogen) atoms. The zero-order valence-corrected chi connectivity index (χ0v) is 13.4. The summed E-state index contributed by atoms with van der Waals surface area (Å²) in [6.07, 6.45) is 1.85. The van der Waals surface area contributed by atoms with E-state index in [1.165, 1.54) is 5.56 Å². The lowest BCUT2D eigenvalue weighted by Gasteiger charge is -2.28. The molecule has 2 atom stereocenters. The van der Waals surface area contributed by atoms with Crippen molar-refractivity contribution in [3.63, 3.8) is 0 Å². The maximum atomic E-state index is 12.1. The first kappa shape index (κ1) is 16.7. The van der Waals surface area contributed by atoms with Crippen LogP contribution in [0.25, 0.3) is 0 Å². The van der Waals surface area contributed by atoms with Gasteiger partial charge in [0.2, 0.25) is 5.91 Å². The van der Waals surface area contributed by atoms with E-state index in [1.54, 1.807) is 0 Å². The van der Waals surface area contributed by atoms with E-state index in [9.17, 15) is 4.79 Å². The highest BCUT2D eigenvalue weighted by molar-refractivity contribution is 5.82. The van der Waals surface area contributed by atoms with Gasteiger partial charge in [0.15, 0.2) is 0 Å². The van der Waals surface area contributed by atoms with Crippen molar-refractivity contribution < 1.29 is 4.79 Å². The minimum absolute atomic E-state index is 0.0664. The Labute approximate surface area is 123 Å². The largest absolute Gasteiger partial charge is 0.350 e. The highest BCUT2D eigenvalue weighted by Gasteiger charge is 2.22. The van der Waals surface area contributed by atoms with Gasteiger partial charge >= 0.3 is 0 Å². The van der Waals surface area contributed by atoms with Crippen LogP contribution in [-0.4, -0.2) is 23.5 Å². The summed E-state index contributed by atoms with van der Waals surface area (Å²) in [5.74, 6) is 0.0664. The number of carbonyl (C=O) groups is 1. The van der Waals surface area contributed by atoms with Crippen molar-refractivity contribution in [2.75, 3.05) is 0 Å². The van der Waals surface area contributed by atoms with Gasteiger partial charge in [-0.1, -0.05) is 37.3 Å². The Morgan fingerprint density at radius 1 is 1.20 bits per heavy atom. The fourth-order valence-electron chi connectivity index (χ4n) is 2.06. The standard InChI is InChI=1S/C17H28N2O/c1-6-17(4,5)19-16(20)14(3)18-13(2)12-15-10-8-7-9-11-15/h7-11,13-14,18H,6,12H2,1-5H3,(H,19,20). The van der Waals surface area contributed by atoms with Crippen molar-refractivity contribution in [3.8, 4) is 0 Å². The molecule has 3 nitrogen and oxygen atoms in total. The molecule has 112 valence electrons. The van der Waals surface area contributed by atoms with Gasteiger partial charge in [0.05, 0.1) is 6.04 Å². The second-order valence-electron chi connectivity index (χ2n) is 6.21. The van der Waals surface area contributed by atoms with E-state index >= 15 is 0 Å². The zero-order chi connectivity index (χ0) is 15.2. The molecule has 0 aliphatic carbocycles. The molecule has 0 aromatic heterocycles. The van der Waals surface area contributed by atoms with E-state index in [2.05, 4.69) is 36.6 Å². The van der Waals surface area contributed by atoms with E-state index in [0.29, 0.717) is 0 Å². The van der Waals surface area contributed by atoms with Crippen molar-refractivity contribution in [3.05, 3.63) is 35.9 Å². The van der Waals surface area contributed by atoms with E-state index in [0.717, 1.165) is 12.8 Å². The van der Waals surface area contributed by atoms with Crippen molar-refractivity contribution in [2.24, 2.45) is 0 Å². The number of hydrogen-bond acceptors (Lipinski definition) is 2. The summed E-state index contributed by atoms with van der Waals surface area (Å²) in [7, 11) is 0. The molecule has 0 saturated heterocycles. The van der Waals surface area contributed by atoms with Crippen molar-refractivity contribution in [1.29, 1.82) is 0 Å². The van der Waals surface area contributed by atoms with E-state index < -0.39 is 0 Å². The predicted octanol–water partition coefficient (Wildman–Crippen LogP) is 2.90. The lowest BCUT2D eigenvalue weighted by molar-refractivity contribution is -0.124. The predicted molar refractivity (Wildman–Crippen MR) is 84.7 cm³/mol. The molecule has 1 aromatic rings. The second kappa shape index (κ2) is 7.44. The van der Waals surface area contributed by atoms with Crippen LogP contribution in [0.1, 0.15) is 46.6 Å². The van der Waals surface area contributed by atoms with Crippen LogP contribution >= 0.6 is 0 Å². The summed E-state index contributed by atoms with van der Waals surface area (Å²) >= 11 is 0. The third-order valence-corrected chi connectivity index (χ3v) is 3.66. The normalized spacial score (nSPS) is 14.7. The van der Waals surface area contributed by atoms with Crippen LogP contribution in [0.4, 0.5) is 0 Å². The summed E-state index contributed by atoms with van der Waals surface area (Å²) in [4.78, 5) is 12.1. The molecule has 0 heterocycles. The Balaban J connectivity index is 2.45. The van der Waals surface area contributed by atoms with E-state index in [-0.39, 0.29) is 23.5 Å². The van der Waals surface area contributed by atoms with E-state index in [1.807, 2.05) is 39.0 Å². The first-order chi connectivity index (χ1) is 9.34. The average Bonchev–Trinajstić information content (AvgIpc) is 2.39. The van der Waals surface area contributed by atoms with Crippen molar-refractivity contribution in [2.45, 2.75) is 65.1 Å². The molecule has 0 bridgehead atoms. The summed E-state index contributed by atoms with van der Waals surface area (Å²) in [6.45, 7) is 10.2. The molecular weight excluding hydrogens is 248 g/mol. The summed E-state index contributed by atoms with van der Waals surface area (Å²) in [5.41, 5.74) is 1.14. The van der Waals surface area contributed by atoms with Crippen LogP contribution in [0.5, 0.6) is 0 Å². The van der Waals surface area contributed by atoms with Crippen LogP contribution in [0.15, 0.2) is 30.3 Å². The molecule has 0 saturated carbocycles. The molecule has 3 heteroatoms. The minimum Gasteiger partial charge on any atom is -0.350 e. The lowest BCUT2D eigenvalue weighted by atomic mass is 10.0. The fraction of sp³-hybridized carbons (Fsp3) is 0.588. The first-order valence-electron chi connectivity index (χ1n) is 7.46. The monoisotopic (exact) mass is 276 g/mol. The molecule has 0 aliphatic rings. The summed E-state index contributed by atoms with van der Waals surface area (Å²) in [6, 6.07) is 10.4. The first-order valence-corrected chi connectivity index (χ1v) is 7.46. The topological polar surface area (TPSA) is 41.1 Å². The lowest BCUT2D eigenvalue weighted by Crippen LogP contribution is -2.52. The number of carbonyl (C=O) groups excluding carboxylic acids is 1. The maximum absolute atomic E-state index is 12.1. The molecule has 1 amide bonds. The Hall–Kier alpha value is -1.35. The van der Waals surface area contributed by atoms with Gasteiger partial charge in [0.25, 0.3) is 0 Å². The number of rotatable bonds is 7. The average molecular weight is 276 g/mol. The SMILES string of the molecule is CCC(C)(C)NC(=O)C(C)NC(C)Cc1ccccc1. The molecular formula is C17H28N2O. The second-order valence-corrected chi connectivity index (χ2v) is 6.21. The van der Waals surface area contributed by atoms with Gasteiger partial charge < -0.3 is 10.6 Å². The number of amides is 1. The number of nitrogens with one attached hydrogen (secondary N) is 2. The highest BCUT2D eigenvalue weighted by atomic mass is 16.2. The molecule has 0 spiro atoms. The smallest absolute Gasteiger partial charge is 0.237 e. The Bertz CT molecular complexity index is 414. The molecule has 2 unspecified atom stereocenters. The van der Waals surface area contributed by atoms with Crippen LogP contribution in [0.2, 0.25) is 0 Å². The molecule has 1 aromatic carbocycles. The molecule has 1 rings (SSSR count). The highest BCUT2D eigenvalue weighted by Crippen LogP contribution is 2.08. The van der Waals surface area contributed by atoms with Crippen LogP contribution < -0.4 is 10.6 Å². The number of benzene rings is 1. The van der Waals surface area contributed by atoms with Gasteiger partial charge in [-0.25, -0.2) is 0 Å².